The van der Waals surface area contributed by atoms with Gasteiger partial charge in [0.05, 0.1) is 18.3 Å². The minimum absolute atomic E-state index is 0.00281. The minimum atomic E-state index is -0.403. The van der Waals surface area contributed by atoms with Gasteiger partial charge in [-0.25, -0.2) is 4.79 Å². The lowest BCUT2D eigenvalue weighted by atomic mass is 9.92. The van der Waals surface area contributed by atoms with Gasteiger partial charge in [-0.05, 0) is 39.4 Å². The van der Waals surface area contributed by atoms with Crippen molar-refractivity contribution in [3.8, 4) is 0 Å². The number of aryl methyl sites for hydroxylation is 2. The van der Waals surface area contributed by atoms with E-state index < -0.39 is 5.60 Å². The molecule has 1 spiro atoms. The average molecular weight is 361 g/mol. The number of amides is 2. The Labute approximate surface area is 153 Å². The summed E-state index contributed by atoms with van der Waals surface area (Å²) in [6.07, 6.45) is 2.17. The molecular weight excluding hydrogens is 334 g/mol. The van der Waals surface area contributed by atoms with E-state index in [1.165, 1.54) is 0 Å². The summed E-state index contributed by atoms with van der Waals surface area (Å²) in [4.78, 5) is 28.4. The Balaban J connectivity index is 1.35. The first kappa shape index (κ1) is 17.3. The molecule has 8 heteroatoms. The zero-order valence-corrected chi connectivity index (χ0v) is 15.5. The molecule has 1 aromatic heterocycles. The Morgan fingerprint density at radius 3 is 2.85 bits per heavy atom. The fourth-order valence-corrected chi connectivity index (χ4v) is 4.40. The van der Waals surface area contributed by atoms with Crippen molar-refractivity contribution in [2.24, 2.45) is 0 Å². The normalized spacial score (nSPS) is 25.2. The van der Waals surface area contributed by atoms with Gasteiger partial charge in [-0.15, -0.1) is 0 Å². The fraction of sp³-hybridized carbons (Fsp3) is 0.722. The van der Waals surface area contributed by atoms with Crippen molar-refractivity contribution in [1.82, 2.24) is 24.9 Å². The molecule has 3 aliphatic rings. The van der Waals surface area contributed by atoms with Crippen LogP contribution in [0.1, 0.15) is 36.7 Å². The van der Waals surface area contributed by atoms with E-state index in [1.807, 2.05) is 23.4 Å². The van der Waals surface area contributed by atoms with Crippen molar-refractivity contribution in [1.29, 1.82) is 0 Å². The van der Waals surface area contributed by atoms with Gasteiger partial charge in [0.1, 0.15) is 12.1 Å². The number of nitrogens with one attached hydrogen (secondary N) is 1. The monoisotopic (exact) mass is 361 g/mol. The molecule has 3 saturated heterocycles. The lowest BCUT2D eigenvalue weighted by Gasteiger charge is -2.31. The summed E-state index contributed by atoms with van der Waals surface area (Å²) in [5.41, 5.74) is 1.72. The van der Waals surface area contributed by atoms with Crippen molar-refractivity contribution in [3.63, 3.8) is 0 Å². The second kappa shape index (κ2) is 6.57. The van der Waals surface area contributed by atoms with Crippen LogP contribution in [0.25, 0.3) is 0 Å². The van der Waals surface area contributed by atoms with Crippen LogP contribution in [-0.2, 0) is 9.53 Å². The number of rotatable bonds is 3. The zero-order chi connectivity index (χ0) is 18.3. The summed E-state index contributed by atoms with van der Waals surface area (Å²) >= 11 is 0. The van der Waals surface area contributed by atoms with Gasteiger partial charge in [0.2, 0.25) is 5.91 Å². The largest absolute Gasteiger partial charge is 0.441 e. The van der Waals surface area contributed by atoms with Crippen LogP contribution in [-0.4, -0.2) is 76.5 Å². The predicted molar refractivity (Wildman–Crippen MR) is 94.8 cm³/mol. The third kappa shape index (κ3) is 3.18. The maximum absolute atomic E-state index is 12.7. The standard InChI is InChI=1S/C18H27N5O3/c1-13-9-14(2)23(20-13)15-3-8-21(10-15)16(24)11-22-12-18(26-17(22)25)4-6-19-7-5-18/h9,15,19H,3-8,10-12H2,1-2H3/t15-/m0/s1. The molecule has 142 valence electrons. The smallest absolute Gasteiger partial charge is 0.410 e. The number of hydrogen-bond donors (Lipinski definition) is 1. The second-order valence-corrected chi connectivity index (χ2v) is 7.81. The van der Waals surface area contributed by atoms with E-state index in [-0.39, 0.29) is 24.6 Å². The number of carbonyl (C=O) groups excluding carboxylic acids is 2. The number of carbonyl (C=O) groups is 2. The van der Waals surface area contributed by atoms with E-state index in [0.29, 0.717) is 19.6 Å². The summed E-state index contributed by atoms with van der Waals surface area (Å²) in [6.45, 7) is 7.72. The highest BCUT2D eigenvalue weighted by molar-refractivity contribution is 5.83. The molecule has 3 aliphatic heterocycles. The molecule has 2 amide bonds. The van der Waals surface area contributed by atoms with E-state index in [4.69, 9.17) is 4.74 Å². The highest BCUT2D eigenvalue weighted by Gasteiger charge is 2.46. The van der Waals surface area contributed by atoms with Gasteiger partial charge in [-0.2, -0.15) is 5.10 Å². The van der Waals surface area contributed by atoms with Gasteiger partial charge in [0, 0.05) is 31.6 Å². The molecule has 1 atom stereocenters. The number of likely N-dealkylation sites (tertiary alicyclic amines) is 1. The van der Waals surface area contributed by atoms with Crippen LogP contribution in [0.3, 0.4) is 0 Å². The second-order valence-electron chi connectivity index (χ2n) is 7.81. The SMILES string of the molecule is Cc1cc(C)n([C@H]2CCN(C(=O)CN3CC4(CCNCC4)OC3=O)C2)n1. The van der Waals surface area contributed by atoms with Crippen LogP contribution in [0.15, 0.2) is 6.07 Å². The van der Waals surface area contributed by atoms with E-state index in [2.05, 4.69) is 16.5 Å². The Bertz CT molecular complexity index is 710. The van der Waals surface area contributed by atoms with Gasteiger partial charge in [-0.3, -0.25) is 14.4 Å². The van der Waals surface area contributed by atoms with Gasteiger partial charge in [-0.1, -0.05) is 0 Å². The van der Waals surface area contributed by atoms with Gasteiger partial charge < -0.3 is 15.0 Å². The van der Waals surface area contributed by atoms with Crippen molar-refractivity contribution >= 4 is 12.0 Å². The van der Waals surface area contributed by atoms with Crippen LogP contribution >= 0.6 is 0 Å². The quantitative estimate of drug-likeness (QED) is 0.863. The molecule has 0 aromatic carbocycles. The number of ether oxygens (including phenoxy) is 1. The molecule has 0 radical (unpaired) electrons. The Morgan fingerprint density at radius 2 is 2.15 bits per heavy atom. The minimum Gasteiger partial charge on any atom is -0.441 e. The van der Waals surface area contributed by atoms with Gasteiger partial charge >= 0.3 is 6.09 Å². The van der Waals surface area contributed by atoms with Crippen molar-refractivity contribution < 1.29 is 14.3 Å². The third-order valence-corrected chi connectivity index (χ3v) is 5.79. The maximum Gasteiger partial charge on any atom is 0.410 e. The number of aromatic nitrogens is 2. The third-order valence-electron chi connectivity index (χ3n) is 5.79. The number of piperidine rings is 1. The molecular formula is C18H27N5O3. The van der Waals surface area contributed by atoms with Crippen LogP contribution in [0.2, 0.25) is 0 Å². The summed E-state index contributed by atoms with van der Waals surface area (Å²) in [6, 6.07) is 2.28. The lowest BCUT2D eigenvalue weighted by molar-refractivity contribution is -0.130. The average Bonchev–Trinajstić information content (AvgIpc) is 3.27. The van der Waals surface area contributed by atoms with E-state index in [1.54, 1.807) is 4.90 Å². The first-order valence-electron chi connectivity index (χ1n) is 9.45. The number of nitrogens with zero attached hydrogens (tertiary/aromatic N) is 4. The molecule has 4 heterocycles. The number of hydrogen-bond acceptors (Lipinski definition) is 5. The first-order valence-corrected chi connectivity index (χ1v) is 9.45. The zero-order valence-electron chi connectivity index (χ0n) is 15.5. The lowest BCUT2D eigenvalue weighted by Crippen LogP contribution is -2.46. The van der Waals surface area contributed by atoms with Crippen LogP contribution in [0.4, 0.5) is 4.79 Å². The topological polar surface area (TPSA) is 79.7 Å². The fourth-order valence-electron chi connectivity index (χ4n) is 4.40. The predicted octanol–water partition coefficient (Wildman–Crippen LogP) is 0.848. The van der Waals surface area contributed by atoms with E-state index in [0.717, 1.165) is 43.7 Å². The van der Waals surface area contributed by atoms with Crippen molar-refractivity contribution in [3.05, 3.63) is 17.5 Å². The molecule has 4 rings (SSSR count). The molecule has 1 N–H and O–H groups in total. The van der Waals surface area contributed by atoms with E-state index in [9.17, 15) is 9.59 Å². The molecule has 8 nitrogen and oxygen atoms in total. The highest BCUT2D eigenvalue weighted by Crippen LogP contribution is 2.31. The molecule has 0 aliphatic carbocycles. The Morgan fingerprint density at radius 1 is 1.38 bits per heavy atom. The van der Waals surface area contributed by atoms with Crippen molar-refractivity contribution in [2.75, 3.05) is 39.3 Å². The summed E-state index contributed by atoms with van der Waals surface area (Å²) < 4.78 is 7.66. The van der Waals surface area contributed by atoms with Crippen LogP contribution in [0.5, 0.6) is 0 Å². The Hall–Kier alpha value is -2.09. The Kier molecular flexibility index (Phi) is 4.38. The molecule has 0 saturated carbocycles. The van der Waals surface area contributed by atoms with Crippen LogP contribution < -0.4 is 5.32 Å². The van der Waals surface area contributed by atoms with Crippen LogP contribution in [0, 0.1) is 13.8 Å². The molecule has 3 fully saturated rings. The molecule has 0 unspecified atom stereocenters. The van der Waals surface area contributed by atoms with Crippen molar-refractivity contribution in [2.45, 2.75) is 44.8 Å². The van der Waals surface area contributed by atoms with E-state index >= 15 is 0 Å². The molecule has 1 aromatic rings. The van der Waals surface area contributed by atoms with Gasteiger partial charge in [0.25, 0.3) is 0 Å². The highest BCUT2D eigenvalue weighted by atomic mass is 16.6. The van der Waals surface area contributed by atoms with Gasteiger partial charge in [0.15, 0.2) is 0 Å². The molecule has 0 bridgehead atoms. The maximum atomic E-state index is 12.7. The molecule has 26 heavy (non-hydrogen) atoms. The summed E-state index contributed by atoms with van der Waals surface area (Å²) in [5.74, 6) is -0.00281. The summed E-state index contributed by atoms with van der Waals surface area (Å²) in [5, 5.41) is 7.83. The first-order chi connectivity index (χ1) is 12.5. The summed E-state index contributed by atoms with van der Waals surface area (Å²) in [7, 11) is 0.